The number of cyclic esters (lactones) is 1. The summed E-state index contributed by atoms with van der Waals surface area (Å²) in [6.07, 6.45) is 2.66. The van der Waals surface area contributed by atoms with Gasteiger partial charge in [0.05, 0.1) is 28.0 Å². The lowest BCUT2D eigenvalue weighted by atomic mass is 9.94. The SMILES string of the molecule is Cc1c([C@H](O)CN2CCC(CS(=O)c3ccc(C#N)cn3)CC2)ccc2c1COC2=O. The Hall–Kier alpha value is -2.60. The molecule has 2 atom stereocenters. The number of β-amino-alcohol motifs (C(OH)–C–C–N with tert-alkyl or cyclic N) is 1. The van der Waals surface area contributed by atoms with Gasteiger partial charge in [-0.2, -0.15) is 5.26 Å². The molecule has 1 unspecified atom stereocenters. The predicted molar refractivity (Wildman–Crippen MR) is 115 cm³/mol. The predicted octanol–water partition coefficient (Wildman–Crippen LogP) is 2.49. The highest BCUT2D eigenvalue weighted by molar-refractivity contribution is 7.84. The second-order valence-corrected chi connectivity index (χ2v) is 9.59. The van der Waals surface area contributed by atoms with Crippen LogP contribution in [0.5, 0.6) is 0 Å². The van der Waals surface area contributed by atoms with Crippen LogP contribution in [0, 0.1) is 24.2 Å². The fourth-order valence-electron chi connectivity index (χ4n) is 4.29. The number of hydrogen-bond acceptors (Lipinski definition) is 7. The molecule has 4 rings (SSSR count). The molecule has 1 saturated heterocycles. The third-order valence-electron chi connectivity index (χ3n) is 6.19. The molecule has 3 heterocycles. The zero-order valence-corrected chi connectivity index (χ0v) is 18.2. The van der Waals surface area contributed by atoms with Gasteiger partial charge in [0.1, 0.15) is 17.7 Å². The van der Waals surface area contributed by atoms with Gasteiger partial charge >= 0.3 is 5.97 Å². The number of piperidine rings is 1. The zero-order valence-electron chi connectivity index (χ0n) is 17.4. The maximum atomic E-state index is 12.6. The third kappa shape index (κ3) is 4.69. The fourth-order valence-corrected chi connectivity index (χ4v) is 5.61. The minimum absolute atomic E-state index is 0.275. The van der Waals surface area contributed by atoms with Crippen LogP contribution in [-0.2, 0) is 22.1 Å². The Kier molecular flexibility index (Phi) is 6.46. The number of aliphatic hydroxyl groups is 1. The molecular weight excluding hydrogens is 414 g/mol. The van der Waals surface area contributed by atoms with Crippen molar-refractivity contribution in [1.29, 1.82) is 5.26 Å². The van der Waals surface area contributed by atoms with Crippen molar-refractivity contribution < 1.29 is 18.8 Å². The van der Waals surface area contributed by atoms with E-state index in [0.717, 1.165) is 42.6 Å². The van der Waals surface area contributed by atoms with E-state index in [2.05, 4.69) is 9.88 Å². The van der Waals surface area contributed by atoms with Crippen LogP contribution >= 0.6 is 0 Å². The number of aliphatic hydroxyl groups excluding tert-OH is 1. The lowest BCUT2D eigenvalue weighted by Gasteiger charge is -2.33. The number of nitrogens with zero attached hydrogens (tertiary/aromatic N) is 3. The number of hydrogen-bond donors (Lipinski definition) is 1. The van der Waals surface area contributed by atoms with E-state index in [4.69, 9.17) is 10.00 Å². The number of carbonyl (C=O) groups is 1. The summed E-state index contributed by atoms with van der Waals surface area (Å²) in [6, 6.07) is 8.90. The molecule has 31 heavy (non-hydrogen) atoms. The second-order valence-electron chi connectivity index (χ2n) is 8.15. The Morgan fingerprint density at radius 1 is 1.32 bits per heavy atom. The van der Waals surface area contributed by atoms with Gasteiger partial charge in [0, 0.05) is 24.1 Å². The Bertz CT molecular complexity index is 1040. The Balaban J connectivity index is 1.30. The number of benzene rings is 1. The average molecular weight is 440 g/mol. The first-order chi connectivity index (χ1) is 15.0. The van der Waals surface area contributed by atoms with Gasteiger partial charge in [-0.1, -0.05) is 6.07 Å². The van der Waals surface area contributed by atoms with Gasteiger partial charge in [0.15, 0.2) is 0 Å². The van der Waals surface area contributed by atoms with Crippen LogP contribution in [-0.4, -0.2) is 50.6 Å². The lowest BCUT2D eigenvalue weighted by Crippen LogP contribution is -2.38. The second kappa shape index (κ2) is 9.27. The highest BCUT2D eigenvalue weighted by Crippen LogP contribution is 2.30. The van der Waals surface area contributed by atoms with Crippen LogP contribution in [0.25, 0.3) is 0 Å². The minimum Gasteiger partial charge on any atom is -0.457 e. The molecule has 1 aromatic carbocycles. The molecule has 2 aliphatic heterocycles. The van der Waals surface area contributed by atoms with Crippen LogP contribution in [0.3, 0.4) is 0 Å². The largest absolute Gasteiger partial charge is 0.457 e. The van der Waals surface area contributed by atoms with Crippen molar-refractivity contribution in [2.45, 2.75) is 37.5 Å². The summed E-state index contributed by atoms with van der Waals surface area (Å²) in [7, 11) is -1.18. The van der Waals surface area contributed by atoms with Gasteiger partial charge < -0.3 is 14.7 Å². The van der Waals surface area contributed by atoms with Crippen LogP contribution in [0.2, 0.25) is 0 Å². The number of nitriles is 1. The standard InChI is InChI=1S/C23H25N3O4S/c1-15-18(3-4-19-20(15)13-30-23(19)28)21(27)12-26-8-6-16(7-9-26)14-31(29)22-5-2-17(10-24)11-25-22/h2-5,11,16,21,27H,6-9,12-14H2,1H3/t21-,31?/m1/s1. The summed E-state index contributed by atoms with van der Waals surface area (Å²) in [5, 5.41) is 20.2. The van der Waals surface area contributed by atoms with E-state index in [1.807, 2.05) is 19.1 Å². The number of likely N-dealkylation sites (tertiary alicyclic amines) is 1. The summed E-state index contributed by atoms with van der Waals surface area (Å²) in [6.45, 7) is 4.41. The monoisotopic (exact) mass is 439 g/mol. The fraction of sp³-hybridized carbons (Fsp3) is 0.435. The van der Waals surface area contributed by atoms with Crippen molar-refractivity contribution in [1.82, 2.24) is 9.88 Å². The van der Waals surface area contributed by atoms with E-state index in [1.165, 1.54) is 6.20 Å². The molecule has 1 N–H and O–H groups in total. The molecule has 0 amide bonds. The summed E-state index contributed by atoms with van der Waals surface area (Å²) in [5.74, 6) is 0.610. The van der Waals surface area contributed by atoms with E-state index in [0.29, 0.717) is 34.4 Å². The van der Waals surface area contributed by atoms with Crippen molar-refractivity contribution in [3.63, 3.8) is 0 Å². The molecule has 2 aliphatic rings. The molecule has 0 aliphatic carbocycles. The van der Waals surface area contributed by atoms with Gasteiger partial charge in [0.25, 0.3) is 0 Å². The number of pyridine rings is 1. The van der Waals surface area contributed by atoms with E-state index in [9.17, 15) is 14.1 Å². The molecule has 1 fully saturated rings. The summed E-state index contributed by atoms with van der Waals surface area (Å²) in [4.78, 5) is 18.1. The quantitative estimate of drug-likeness (QED) is 0.690. The van der Waals surface area contributed by atoms with Crippen molar-refractivity contribution in [3.05, 3.63) is 58.3 Å². The van der Waals surface area contributed by atoms with Crippen molar-refractivity contribution >= 4 is 16.8 Å². The number of esters is 1. The summed E-state index contributed by atoms with van der Waals surface area (Å²) >= 11 is 0. The highest BCUT2D eigenvalue weighted by atomic mass is 32.2. The lowest BCUT2D eigenvalue weighted by molar-refractivity contribution is 0.0535. The van der Waals surface area contributed by atoms with Crippen LogP contribution < -0.4 is 0 Å². The van der Waals surface area contributed by atoms with Gasteiger partial charge in [0.2, 0.25) is 0 Å². The summed E-state index contributed by atoms with van der Waals surface area (Å²) < 4.78 is 17.7. The van der Waals surface area contributed by atoms with Crippen LogP contribution in [0.4, 0.5) is 0 Å². The first-order valence-electron chi connectivity index (χ1n) is 10.4. The number of carbonyl (C=O) groups excluding carboxylic acids is 1. The average Bonchev–Trinajstić information content (AvgIpc) is 3.17. The van der Waals surface area contributed by atoms with E-state index in [-0.39, 0.29) is 12.6 Å². The van der Waals surface area contributed by atoms with Crippen molar-refractivity contribution in [2.24, 2.45) is 5.92 Å². The number of aromatic nitrogens is 1. The van der Waals surface area contributed by atoms with E-state index < -0.39 is 16.9 Å². The van der Waals surface area contributed by atoms with Crippen LogP contribution in [0.15, 0.2) is 35.5 Å². The highest BCUT2D eigenvalue weighted by Gasteiger charge is 2.28. The molecule has 0 bridgehead atoms. The van der Waals surface area contributed by atoms with E-state index >= 15 is 0 Å². The number of ether oxygens (including phenoxy) is 1. The maximum Gasteiger partial charge on any atom is 0.338 e. The Labute approximate surface area is 184 Å². The molecule has 0 spiro atoms. The first kappa shape index (κ1) is 21.6. The van der Waals surface area contributed by atoms with Gasteiger partial charge in [-0.15, -0.1) is 0 Å². The molecule has 8 heteroatoms. The molecule has 7 nitrogen and oxygen atoms in total. The number of rotatable bonds is 6. The molecule has 1 aromatic heterocycles. The molecule has 162 valence electrons. The molecule has 0 saturated carbocycles. The van der Waals surface area contributed by atoms with Crippen molar-refractivity contribution in [3.8, 4) is 6.07 Å². The topological polar surface area (TPSA) is 104 Å². The van der Waals surface area contributed by atoms with Gasteiger partial charge in [-0.05, 0) is 68.1 Å². The van der Waals surface area contributed by atoms with Gasteiger partial charge in [-0.25, -0.2) is 9.78 Å². The molecular formula is C23H25N3O4S. The molecule has 0 radical (unpaired) electrons. The first-order valence-corrected chi connectivity index (χ1v) is 11.7. The third-order valence-corrected chi connectivity index (χ3v) is 7.67. The Morgan fingerprint density at radius 3 is 2.77 bits per heavy atom. The van der Waals surface area contributed by atoms with Crippen LogP contribution in [0.1, 0.15) is 51.6 Å². The maximum absolute atomic E-state index is 12.6. The minimum atomic E-state index is -1.18. The molecule has 2 aromatic rings. The summed E-state index contributed by atoms with van der Waals surface area (Å²) in [5.41, 5.74) is 3.70. The zero-order chi connectivity index (χ0) is 22.0. The van der Waals surface area contributed by atoms with Crippen molar-refractivity contribution in [2.75, 3.05) is 25.4 Å². The van der Waals surface area contributed by atoms with Gasteiger partial charge in [-0.3, -0.25) is 4.21 Å². The smallest absolute Gasteiger partial charge is 0.338 e. The van der Waals surface area contributed by atoms with E-state index in [1.54, 1.807) is 18.2 Å². The number of fused-ring (bicyclic) bond motifs is 1. The Morgan fingerprint density at radius 2 is 2.10 bits per heavy atom. The normalized spacial score (nSPS) is 18.8.